The summed E-state index contributed by atoms with van der Waals surface area (Å²) >= 11 is 0. The van der Waals surface area contributed by atoms with Gasteiger partial charge in [0.25, 0.3) is 0 Å². The molecule has 0 spiro atoms. The van der Waals surface area contributed by atoms with Crippen molar-refractivity contribution in [3.63, 3.8) is 0 Å². The SMILES string of the molecule is Cc1ccc(C2=NNC(c3ccccc3)O2)cc1. The standard InChI is InChI=1S/C15H14N2O/c1-11-7-9-13(10-8-11)15-17-16-14(18-15)12-5-3-2-4-6-12/h2-10,14,16H,1H3. The maximum Gasteiger partial charge on any atom is 0.240 e. The van der Waals surface area contributed by atoms with E-state index in [0.29, 0.717) is 5.90 Å². The fourth-order valence-electron chi connectivity index (χ4n) is 1.88. The van der Waals surface area contributed by atoms with Crippen molar-refractivity contribution in [1.29, 1.82) is 0 Å². The summed E-state index contributed by atoms with van der Waals surface area (Å²) in [4.78, 5) is 0. The van der Waals surface area contributed by atoms with Gasteiger partial charge in [-0.05, 0) is 19.1 Å². The van der Waals surface area contributed by atoms with Crippen LogP contribution in [0.15, 0.2) is 59.7 Å². The molecule has 3 rings (SSSR count). The van der Waals surface area contributed by atoms with E-state index in [2.05, 4.69) is 29.6 Å². The minimum absolute atomic E-state index is 0.192. The molecule has 2 aromatic rings. The van der Waals surface area contributed by atoms with E-state index in [0.717, 1.165) is 11.1 Å². The minimum Gasteiger partial charge on any atom is -0.446 e. The molecule has 1 aliphatic rings. The van der Waals surface area contributed by atoms with Crippen LogP contribution in [0.3, 0.4) is 0 Å². The van der Waals surface area contributed by atoms with Gasteiger partial charge in [-0.25, -0.2) is 0 Å². The Morgan fingerprint density at radius 3 is 2.44 bits per heavy atom. The zero-order chi connectivity index (χ0) is 12.4. The Bertz CT molecular complexity index is 561. The molecule has 0 bridgehead atoms. The Labute approximate surface area is 106 Å². The fourth-order valence-corrected chi connectivity index (χ4v) is 1.88. The number of benzene rings is 2. The van der Waals surface area contributed by atoms with Gasteiger partial charge in [-0.2, -0.15) is 0 Å². The van der Waals surface area contributed by atoms with Crippen molar-refractivity contribution in [3.05, 3.63) is 71.3 Å². The summed E-state index contributed by atoms with van der Waals surface area (Å²) in [6, 6.07) is 18.1. The average Bonchev–Trinajstić information content (AvgIpc) is 2.90. The van der Waals surface area contributed by atoms with E-state index in [1.54, 1.807) is 0 Å². The first-order chi connectivity index (χ1) is 8.83. The molecular weight excluding hydrogens is 224 g/mol. The third kappa shape index (κ3) is 2.07. The van der Waals surface area contributed by atoms with Crippen LogP contribution in [0.2, 0.25) is 0 Å². The molecule has 1 atom stereocenters. The van der Waals surface area contributed by atoms with Crippen LogP contribution in [-0.4, -0.2) is 5.90 Å². The highest BCUT2D eigenvalue weighted by Crippen LogP contribution is 2.21. The van der Waals surface area contributed by atoms with Crippen LogP contribution in [0.5, 0.6) is 0 Å². The second-order valence-corrected chi connectivity index (χ2v) is 4.32. The highest BCUT2D eigenvalue weighted by molar-refractivity contribution is 5.94. The molecule has 0 fully saturated rings. The smallest absolute Gasteiger partial charge is 0.240 e. The Morgan fingerprint density at radius 1 is 1.00 bits per heavy atom. The maximum atomic E-state index is 5.81. The van der Waals surface area contributed by atoms with Crippen molar-refractivity contribution in [1.82, 2.24) is 5.43 Å². The van der Waals surface area contributed by atoms with Crippen LogP contribution in [0.25, 0.3) is 0 Å². The second-order valence-electron chi connectivity index (χ2n) is 4.32. The molecule has 1 N–H and O–H groups in total. The van der Waals surface area contributed by atoms with Gasteiger partial charge in [0.2, 0.25) is 12.1 Å². The molecule has 2 aromatic carbocycles. The number of nitrogens with one attached hydrogen (secondary N) is 1. The highest BCUT2D eigenvalue weighted by atomic mass is 16.5. The van der Waals surface area contributed by atoms with E-state index in [1.807, 2.05) is 42.5 Å². The van der Waals surface area contributed by atoms with E-state index in [1.165, 1.54) is 5.56 Å². The molecule has 0 radical (unpaired) electrons. The normalized spacial score (nSPS) is 17.8. The molecule has 18 heavy (non-hydrogen) atoms. The first-order valence-corrected chi connectivity index (χ1v) is 5.95. The van der Waals surface area contributed by atoms with E-state index in [-0.39, 0.29) is 6.23 Å². The third-order valence-corrected chi connectivity index (χ3v) is 2.91. The molecule has 1 aliphatic heterocycles. The number of hydrogen-bond acceptors (Lipinski definition) is 3. The van der Waals surface area contributed by atoms with Crippen molar-refractivity contribution >= 4 is 5.90 Å². The Balaban J connectivity index is 1.77. The second kappa shape index (κ2) is 4.53. The van der Waals surface area contributed by atoms with Gasteiger partial charge in [-0.3, -0.25) is 5.43 Å². The molecule has 3 nitrogen and oxygen atoms in total. The third-order valence-electron chi connectivity index (χ3n) is 2.91. The number of aryl methyl sites for hydroxylation is 1. The summed E-state index contributed by atoms with van der Waals surface area (Å²) in [6.45, 7) is 2.06. The van der Waals surface area contributed by atoms with Gasteiger partial charge in [0.05, 0.1) is 0 Å². The van der Waals surface area contributed by atoms with Gasteiger partial charge in [-0.1, -0.05) is 48.0 Å². The number of hydrazone groups is 1. The molecular formula is C15H14N2O. The number of nitrogens with zero attached hydrogens (tertiary/aromatic N) is 1. The van der Waals surface area contributed by atoms with Crippen molar-refractivity contribution in [2.24, 2.45) is 5.10 Å². The molecule has 0 saturated heterocycles. The molecule has 0 saturated carbocycles. The van der Waals surface area contributed by atoms with Crippen molar-refractivity contribution in [2.45, 2.75) is 13.2 Å². The minimum atomic E-state index is -0.192. The maximum absolute atomic E-state index is 5.81. The Kier molecular flexibility index (Phi) is 2.73. The van der Waals surface area contributed by atoms with Crippen molar-refractivity contribution < 1.29 is 4.74 Å². The summed E-state index contributed by atoms with van der Waals surface area (Å²) in [5, 5.41) is 4.24. The molecule has 0 aliphatic carbocycles. The van der Waals surface area contributed by atoms with Crippen LogP contribution in [0.4, 0.5) is 0 Å². The van der Waals surface area contributed by atoms with Crippen LogP contribution >= 0.6 is 0 Å². The van der Waals surface area contributed by atoms with Gasteiger partial charge in [0.1, 0.15) is 0 Å². The number of ether oxygens (including phenoxy) is 1. The first-order valence-electron chi connectivity index (χ1n) is 5.95. The van der Waals surface area contributed by atoms with Gasteiger partial charge in [0, 0.05) is 11.1 Å². The van der Waals surface area contributed by atoms with E-state index >= 15 is 0 Å². The summed E-state index contributed by atoms with van der Waals surface area (Å²) < 4.78 is 5.81. The van der Waals surface area contributed by atoms with Gasteiger partial charge in [0.15, 0.2) is 0 Å². The topological polar surface area (TPSA) is 33.6 Å². The summed E-state index contributed by atoms with van der Waals surface area (Å²) in [6.07, 6.45) is -0.192. The Hall–Kier alpha value is -2.29. The quantitative estimate of drug-likeness (QED) is 0.872. The van der Waals surface area contributed by atoms with Crippen LogP contribution < -0.4 is 5.43 Å². The summed E-state index contributed by atoms with van der Waals surface area (Å²) in [7, 11) is 0. The average molecular weight is 238 g/mol. The van der Waals surface area contributed by atoms with Crippen molar-refractivity contribution in [3.8, 4) is 0 Å². The lowest BCUT2D eigenvalue weighted by Gasteiger charge is -2.11. The fraction of sp³-hybridized carbons (Fsp3) is 0.133. The van der Waals surface area contributed by atoms with E-state index < -0.39 is 0 Å². The molecule has 3 heteroatoms. The molecule has 0 amide bonds. The van der Waals surface area contributed by atoms with Crippen LogP contribution in [-0.2, 0) is 4.74 Å². The lowest BCUT2D eigenvalue weighted by atomic mass is 10.1. The number of rotatable bonds is 2. The molecule has 1 unspecified atom stereocenters. The van der Waals surface area contributed by atoms with Gasteiger partial charge < -0.3 is 4.74 Å². The van der Waals surface area contributed by atoms with Crippen LogP contribution in [0, 0.1) is 6.92 Å². The zero-order valence-electron chi connectivity index (χ0n) is 10.1. The zero-order valence-corrected chi connectivity index (χ0v) is 10.1. The molecule has 0 aromatic heterocycles. The van der Waals surface area contributed by atoms with Crippen molar-refractivity contribution in [2.75, 3.05) is 0 Å². The largest absolute Gasteiger partial charge is 0.446 e. The first kappa shape index (κ1) is 10.8. The molecule has 1 heterocycles. The lowest BCUT2D eigenvalue weighted by molar-refractivity contribution is 0.192. The Morgan fingerprint density at radius 2 is 1.72 bits per heavy atom. The number of hydrogen-bond donors (Lipinski definition) is 1. The van der Waals surface area contributed by atoms with Gasteiger partial charge >= 0.3 is 0 Å². The highest BCUT2D eigenvalue weighted by Gasteiger charge is 2.21. The molecule has 90 valence electrons. The van der Waals surface area contributed by atoms with E-state index in [9.17, 15) is 0 Å². The van der Waals surface area contributed by atoms with Gasteiger partial charge in [-0.15, -0.1) is 5.10 Å². The summed E-state index contributed by atoms with van der Waals surface area (Å²) in [5.41, 5.74) is 6.29. The predicted molar refractivity (Wildman–Crippen MR) is 71.1 cm³/mol. The lowest BCUT2D eigenvalue weighted by Crippen LogP contribution is -2.12. The predicted octanol–water partition coefficient (Wildman–Crippen LogP) is 2.98. The summed E-state index contributed by atoms with van der Waals surface area (Å²) in [5.74, 6) is 0.642. The van der Waals surface area contributed by atoms with E-state index in [4.69, 9.17) is 4.74 Å². The van der Waals surface area contributed by atoms with Crippen LogP contribution in [0.1, 0.15) is 22.9 Å². The monoisotopic (exact) mass is 238 g/mol.